The number of amides is 1. The fourth-order valence-corrected chi connectivity index (χ4v) is 1.63. The second kappa shape index (κ2) is 9.33. The van der Waals surface area contributed by atoms with Crippen LogP contribution in [0, 0.1) is 0 Å². The number of ether oxygens (including phenoxy) is 1. The average Bonchev–Trinajstić information content (AvgIpc) is 2.44. The van der Waals surface area contributed by atoms with Crippen molar-refractivity contribution in [1.82, 2.24) is 10.3 Å². The van der Waals surface area contributed by atoms with Crippen molar-refractivity contribution in [3.63, 3.8) is 0 Å². The summed E-state index contributed by atoms with van der Waals surface area (Å²) in [7, 11) is 1.66. The number of nitrogens with one attached hydrogen (secondary N) is 2. The highest BCUT2D eigenvalue weighted by molar-refractivity contribution is 5.93. The van der Waals surface area contributed by atoms with Crippen LogP contribution in [0.3, 0.4) is 0 Å². The van der Waals surface area contributed by atoms with E-state index < -0.39 is 0 Å². The molecule has 0 aliphatic heterocycles. The molecule has 0 aliphatic rings. The van der Waals surface area contributed by atoms with Gasteiger partial charge in [0.25, 0.3) is 5.91 Å². The molecule has 0 unspecified atom stereocenters. The molecule has 1 amide bonds. The monoisotopic (exact) mass is 265 g/mol. The predicted octanol–water partition coefficient (Wildman–Crippen LogP) is 2.06. The minimum Gasteiger partial charge on any atom is -0.383 e. The first-order chi connectivity index (χ1) is 9.27. The van der Waals surface area contributed by atoms with Gasteiger partial charge in [-0.25, -0.2) is 0 Å². The molecular formula is C14H23N3O2. The second-order valence-corrected chi connectivity index (χ2v) is 4.31. The Labute approximate surface area is 114 Å². The number of hydrogen-bond acceptors (Lipinski definition) is 4. The molecule has 2 N–H and O–H groups in total. The standard InChI is InChI=1S/C14H23N3O2/c1-3-4-5-7-17-14(18)13-11-12(6-8-16-13)15-9-10-19-2/h6,8,11H,3-5,7,9-10H2,1-2H3,(H,15,16)(H,17,18). The van der Waals surface area contributed by atoms with E-state index in [1.165, 1.54) is 0 Å². The molecule has 1 rings (SSSR count). The molecular weight excluding hydrogens is 242 g/mol. The van der Waals surface area contributed by atoms with Crippen LogP contribution < -0.4 is 10.6 Å². The van der Waals surface area contributed by atoms with Gasteiger partial charge in [-0.3, -0.25) is 9.78 Å². The van der Waals surface area contributed by atoms with Crippen LogP contribution in [0.15, 0.2) is 18.3 Å². The second-order valence-electron chi connectivity index (χ2n) is 4.31. The highest BCUT2D eigenvalue weighted by Crippen LogP contribution is 2.07. The first-order valence-corrected chi connectivity index (χ1v) is 6.75. The van der Waals surface area contributed by atoms with E-state index in [1.807, 2.05) is 6.07 Å². The fourth-order valence-electron chi connectivity index (χ4n) is 1.63. The van der Waals surface area contributed by atoms with Gasteiger partial charge >= 0.3 is 0 Å². The van der Waals surface area contributed by atoms with Crippen molar-refractivity contribution >= 4 is 11.6 Å². The van der Waals surface area contributed by atoms with E-state index in [1.54, 1.807) is 19.4 Å². The molecule has 0 saturated carbocycles. The summed E-state index contributed by atoms with van der Waals surface area (Å²) in [5.41, 5.74) is 1.32. The van der Waals surface area contributed by atoms with Crippen molar-refractivity contribution in [2.45, 2.75) is 26.2 Å². The van der Waals surface area contributed by atoms with Gasteiger partial charge in [0.1, 0.15) is 5.69 Å². The number of pyridine rings is 1. The molecule has 1 aromatic rings. The Kier molecular flexibility index (Phi) is 7.58. The lowest BCUT2D eigenvalue weighted by molar-refractivity contribution is 0.0948. The first-order valence-electron chi connectivity index (χ1n) is 6.75. The van der Waals surface area contributed by atoms with Crippen molar-refractivity contribution in [2.24, 2.45) is 0 Å². The van der Waals surface area contributed by atoms with Crippen molar-refractivity contribution in [2.75, 3.05) is 32.1 Å². The zero-order valence-electron chi connectivity index (χ0n) is 11.7. The van der Waals surface area contributed by atoms with E-state index in [-0.39, 0.29) is 5.91 Å². The molecule has 1 heterocycles. The summed E-state index contributed by atoms with van der Waals surface area (Å²) in [6.45, 7) is 4.17. The minimum atomic E-state index is -0.119. The largest absolute Gasteiger partial charge is 0.383 e. The average molecular weight is 265 g/mol. The summed E-state index contributed by atoms with van der Waals surface area (Å²) in [6, 6.07) is 3.59. The summed E-state index contributed by atoms with van der Waals surface area (Å²) in [6.07, 6.45) is 4.92. The predicted molar refractivity (Wildman–Crippen MR) is 76.5 cm³/mol. The molecule has 0 fully saturated rings. The maximum atomic E-state index is 11.9. The Morgan fingerprint density at radius 1 is 1.37 bits per heavy atom. The third kappa shape index (κ3) is 6.20. The zero-order chi connectivity index (χ0) is 13.9. The fraction of sp³-hybridized carbons (Fsp3) is 0.571. The number of anilines is 1. The van der Waals surface area contributed by atoms with E-state index >= 15 is 0 Å². The molecule has 0 radical (unpaired) electrons. The van der Waals surface area contributed by atoms with Gasteiger partial charge in [-0.05, 0) is 18.6 Å². The molecule has 19 heavy (non-hydrogen) atoms. The molecule has 0 aromatic carbocycles. The summed E-state index contributed by atoms with van der Waals surface area (Å²) in [5, 5.41) is 6.05. The van der Waals surface area contributed by atoms with Crippen LogP contribution in [0.5, 0.6) is 0 Å². The molecule has 0 atom stereocenters. The summed E-state index contributed by atoms with van der Waals surface area (Å²) in [4.78, 5) is 15.9. The lowest BCUT2D eigenvalue weighted by Gasteiger charge is -2.08. The quantitative estimate of drug-likeness (QED) is 0.671. The lowest BCUT2D eigenvalue weighted by atomic mass is 10.2. The zero-order valence-corrected chi connectivity index (χ0v) is 11.7. The third-order valence-corrected chi connectivity index (χ3v) is 2.69. The van der Waals surface area contributed by atoms with Crippen LogP contribution >= 0.6 is 0 Å². The van der Waals surface area contributed by atoms with Gasteiger partial charge < -0.3 is 15.4 Å². The van der Waals surface area contributed by atoms with Gasteiger partial charge in [0.2, 0.25) is 0 Å². The summed E-state index contributed by atoms with van der Waals surface area (Å²) >= 11 is 0. The normalized spacial score (nSPS) is 10.2. The number of aromatic nitrogens is 1. The van der Waals surface area contributed by atoms with Gasteiger partial charge in [0, 0.05) is 32.1 Å². The molecule has 0 aliphatic carbocycles. The Bertz CT molecular complexity index is 383. The van der Waals surface area contributed by atoms with Crippen LogP contribution in [-0.2, 0) is 4.74 Å². The smallest absolute Gasteiger partial charge is 0.269 e. The van der Waals surface area contributed by atoms with Gasteiger partial charge in [-0.15, -0.1) is 0 Å². The minimum absolute atomic E-state index is 0.119. The highest BCUT2D eigenvalue weighted by Gasteiger charge is 2.06. The molecule has 5 heteroatoms. The van der Waals surface area contributed by atoms with Crippen molar-refractivity contribution in [3.8, 4) is 0 Å². The van der Waals surface area contributed by atoms with Gasteiger partial charge in [-0.1, -0.05) is 19.8 Å². The number of hydrogen-bond donors (Lipinski definition) is 2. The maximum Gasteiger partial charge on any atom is 0.269 e. The number of carbonyl (C=O) groups is 1. The molecule has 1 aromatic heterocycles. The van der Waals surface area contributed by atoms with Crippen molar-refractivity contribution < 1.29 is 9.53 Å². The Morgan fingerprint density at radius 3 is 2.95 bits per heavy atom. The Balaban J connectivity index is 2.43. The number of methoxy groups -OCH3 is 1. The van der Waals surface area contributed by atoms with Crippen LogP contribution in [0.4, 0.5) is 5.69 Å². The topological polar surface area (TPSA) is 63.2 Å². The molecule has 0 spiro atoms. The molecule has 5 nitrogen and oxygen atoms in total. The molecule has 0 bridgehead atoms. The van der Waals surface area contributed by atoms with Crippen molar-refractivity contribution in [1.29, 1.82) is 0 Å². The number of rotatable bonds is 9. The van der Waals surface area contributed by atoms with Crippen LogP contribution in [0.25, 0.3) is 0 Å². The van der Waals surface area contributed by atoms with E-state index in [2.05, 4.69) is 22.5 Å². The summed E-state index contributed by atoms with van der Waals surface area (Å²) < 4.78 is 4.96. The third-order valence-electron chi connectivity index (χ3n) is 2.69. The number of carbonyl (C=O) groups excluding carboxylic acids is 1. The van der Waals surface area contributed by atoms with Gasteiger partial charge in [0.15, 0.2) is 0 Å². The maximum absolute atomic E-state index is 11.9. The number of nitrogens with zero attached hydrogens (tertiary/aromatic N) is 1. The summed E-state index contributed by atoms with van der Waals surface area (Å²) in [5.74, 6) is -0.119. The Morgan fingerprint density at radius 2 is 2.21 bits per heavy atom. The highest BCUT2D eigenvalue weighted by atomic mass is 16.5. The van der Waals surface area contributed by atoms with Gasteiger partial charge in [0.05, 0.1) is 6.61 Å². The van der Waals surface area contributed by atoms with Gasteiger partial charge in [-0.2, -0.15) is 0 Å². The van der Waals surface area contributed by atoms with Crippen molar-refractivity contribution in [3.05, 3.63) is 24.0 Å². The van der Waals surface area contributed by atoms with E-state index in [0.717, 1.165) is 24.9 Å². The van der Waals surface area contributed by atoms with Crippen LogP contribution in [-0.4, -0.2) is 37.7 Å². The Hall–Kier alpha value is -1.62. The number of unbranched alkanes of at least 4 members (excludes halogenated alkanes) is 2. The van der Waals surface area contributed by atoms with E-state index in [0.29, 0.717) is 25.4 Å². The molecule has 106 valence electrons. The van der Waals surface area contributed by atoms with E-state index in [9.17, 15) is 4.79 Å². The SMILES string of the molecule is CCCCCNC(=O)c1cc(NCCOC)ccn1. The lowest BCUT2D eigenvalue weighted by Crippen LogP contribution is -2.25. The first kappa shape index (κ1) is 15.4. The van der Waals surface area contributed by atoms with E-state index in [4.69, 9.17) is 4.74 Å². The molecule has 0 saturated heterocycles. The van der Waals surface area contributed by atoms with Crippen LogP contribution in [0.2, 0.25) is 0 Å². The van der Waals surface area contributed by atoms with Crippen LogP contribution in [0.1, 0.15) is 36.7 Å².